The minimum Gasteiger partial charge on any atom is -0.322 e. The minimum absolute atomic E-state index is 0.0301. The first-order chi connectivity index (χ1) is 4.22. The van der Waals surface area contributed by atoms with Gasteiger partial charge in [0, 0.05) is 7.05 Å². The number of nitrogens with zero attached hydrogens (tertiary/aromatic N) is 3. The highest BCUT2D eigenvalue weighted by atomic mass is 15.3. The molecular weight excluding hydrogens is 116 g/mol. The van der Waals surface area contributed by atoms with Crippen LogP contribution in [0.1, 0.15) is 18.8 Å². The van der Waals surface area contributed by atoms with Crippen molar-refractivity contribution in [2.75, 3.05) is 0 Å². The summed E-state index contributed by atoms with van der Waals surface area (Å²) in [5.74, 6) is 0.815. The van der Waals surface area contributed by atoms with E-state index in [9.17, 15) is 0 Å². The van der Waals surface area contributed by atoms with E-state index in [-0.39, 0.29) is 6.04 Å². The largest absolute Gasteiger partial charge is 0.322 e. The molecule has 0 saturated carbocycles. The number of aryl methyl sites for hydroxylation is 1. The zero-order valence-corrected chi connectivity index (χ0v) is 5.57. The van der Waals surface area contributed by atoms with Crippen molar-refractivity contribution in [2.24, 2.45) is 12.8 Å². The molecule has 50 valence electrons. The maximum Gasteiger partial charge on any atom is 0.143 e. The summed E-state index contributed by atoms with van der Waals surface area (Å²) in [7, 11) is 1.83. The van der Waals surface area contributed by atoms with Crippen LogP contribution in [0.25, 0.3) is 0 Å². The predicted octanol–water partition coefficient (Wildman–Crippen LogP) is -0.165. The molecule has 0 aliphatic rings. The molecule has 0 bridgehead atoms. The van der Waals surface area contributed by atoms with E-state index in [0.29, 0.717) is 0 Å². The quantitative estimate of drug-likeness (QED) is 0.568. The average molecular weight is 126 g/mol. The van der Waals surface area contributed by atoms with Crippen LogP contribution in [0.4, 0.5) is 0 Å². The third-order valence-electron chi connectivity index (χ3n) is 1.15. The first-order valence-corrected chi connectivity index (χ1v) is 2.81. The van der Waals surface area contributed by atoms with Gasteiger partial charge in [-0.15, -0.1) is 0 Å². The van der Waals surface area contributed by atoms with Gasteiger partial charge in [0.2, 0.25) is 0 Å². The van der Waals surface area contributed by atoms with Crippen molar-refractivity contribution in [3.63, 3.8) is 0 Å². The SMILES string of the molecule is CC(N)c1ncnn1C. The standard InChI is InChI=1S/C5H10N4/c1-4(6)5-7-3-8-9(5)2/h3-4H,6H2,1-2H3. The molecule has 0 aliphatic heterocycles. The molecule has 0 radical (unpaired) electrons. The molecule has 2 N–H and O–H groups in total. The fourth-order valence-corrected chi connectivity index (χ4v) is 0.717. The molecule has 1 aromatic rings. The highest BCUT2D eigenvalue weighted by Gasteiger charge is 2.03. The zero-order chi connectivity index (χ0) is 6.85. The van der Waals surface area contributed by atoms with E-state index in [4.69, 9.17) is 5.73 Å². The van der Waals surface area contributed by atoms with Gasteiger partial charge in [-0.25, -0.2) is 4.98 Å². The van der Waals surface area contributed by atoms with E-state index in [1.807, 2.05) is 14.0 Å². The molecule has 0 aliphatic carbocycles. The van der Waals surface area contributed by atoms with Crippen LogP contribution in [-0.4, -0.2) is 14.8 Å². The molecule has 0 amide bonds. The van der Waals surface area contributed by atoms with Gasteiger partial charge in [0.05, 0.1) is 6.04 Å². The lowest BCUT2D eigenvalue weighted by Crippen LogP contribution is -2.11. The van der Waals surface area contributed by atoms with Crippen LogP contribution in [0.15, 0.2) is 6.33 Å². The van der Waals surface area contributed by atoms with Crippen molar-refractivity contribution in [2.45, 2.75) is 13.0 Å². The second kappa shape index (κ2) is 2.14. The Labute approximate surface area is 53.7 Å². The number of hydrogen-bond acceptors (Lipinski definition) is 3. The van der Waals surface area contributed by atoms with Gasteiger partial charge in [-0.1, -0.05) is 0 Å². The van der Waals surface area contributed by atoms with Gasteiger partial charge < -0.3 is 5.73 Å². The third kappa shape index (κ3) is 1.08. The summed E-state index contributed by atoms with van der Waals surface area (Å²) >= 11 is 0. The number of hydrogen-bond donors (Lipinski definition) is 1. The fraction of sp³-hybridized carbons (Fsp3) is 0.600. The number of nitrogens with two attached hydrogens (primary N) is 1. The van der Waals surface area contributed by atoms with Gasteiger partial charge in [0.15, 0.2) is 0 Å². The predicted molar refractivity (Wildman–Crippen MR) is 33.6 cm³/mol. The summed E-state index contributed by atoms with van der Waals surface area (Å²) < 4.78 is 1.67. The van der Waals surface area contributed by atoms with Gasteiger partial charge in [-0.3, -0.25) is 4.68 Å². The Bertz CT molecular complexity index is 191. The summed E-state index contributed by atoms with van der Waals surface area (Å²) in [6.45, 7) is 1.88. The van der Waals surface area contributed by atoms with Gasteiger partial charge in [-0.05, 0) is 6.92 Å². The normalized spacial score (nSPS) is 13.7. The Morgan fingerprint density at radius 2 is 2.44 bits per heavy atom. The van der Waals surface area contributed by atoms with Crippen LogP contribution >= 0.6 is 0 Å². The van der Waals surface area contributed by atoms with Crippen LogP contribution in [0.5, 0.6) is 0 Å². The molecule has 4 heteroatoms. The Morgan fingerprint density at radius 1 is 1.78 bits per heavy atom. The maximum atomic E-state index is 5.54. The minimum atomic E-state index is -0.0301. The summed E-state index contributed by atoms with van der Waals surface area (Å²) in [4.78, 5) is 3.94. The van der Waals surface area contributed by atoms with Crippen LogP contribution < -0.4 is 5.73 Å². The Hall–Kier alpha value is -0.900. The Kier molecular flexibility index (Phi) is 1.48. The smallest absolute Gasteiger partial charge is 0.143 e. The van der Waals surface area contributed by atoms with Crippen LogP contribution in [-0.2, 0) is 7.05 Å². The van der Waals surface area contributed by atoms with E-state index in [0.717, 1.165) is 5.82 Å². The van der Waals surface area contributed by atoms with E-state index in [1.54, 1.807) is 4.68 Å². The lowest BCUT2D eigenvalue weighted by molar-refractivity contribution is 0.639. The molecule has 4 nitrogen and oxygen atoms in total. The zero-order valence-electron chi connectivity index (χ0n) is 5.57. The van der Waals surface area contributed by atoms with E-state index >= 15 is 0 Å². The van der Waals surface area contributed by atoms with Crippen LogP contribution in [0, 0.1) is 0 Å². The van der Waals surface area contributed by atoms with E-state index in [1.165, 1.54) is 6.33 Å². The molecule has 0 aromatic carbocycles. The van der Waals surface area contributed by atoms with Gasteiger partial charge in [0.1, 0.15) is 12.2 Å². The molecular formula is C5H10N4. The van der Waals surface area contributed by atoms with Gasteiger partial charge in [-0.2, -0.15) is 5.10 Å². The van der Waals surface area contributed by atoms with Crippen LogP contribution in [0.3, 0.4) is 0 Å². The first-order valence-electron chi connectivity index (χ1n) is 2.81. The molecule has 1 atom stereocenters. The van der Waals surface area contributed by atoms with Crippen molar-refractivity contribution >= 4 is 0 Å². The summed E-state index contributed by atoms with van der Waals surface area (Å²) in [6.07, 6.45) is 1.50. The lowest BCUT2D eigenvalue weighted by atomic mass is 10.3. The Morgan fingerprint density at radius 3 is 2.67 bits per heavy atom. The van der Waals surface area contributed by atoms with E-state index < -0.39 is 0 Å². The first kappa shape index (κ1) is 6.22. The second-order valence-corrected chi connectivity index (χ2v) is 2.03. The highest BCUT2D eigenvalue weighted by Crippen LogP contribution is 2.00. The maximum absolute atomic E-state index is 5.54. The summed E-state index contributed by atoms with van der Waals surface area (Å²) in [5.41, 5.74) is 5.54. The highest BCUT2D eigenvalue weighted by molar-refractivity contribution is 4.88. The van der Waals surface area contributed by atoms with Crippen LogP contribution in [0.2, 0.25) is 0 Å². The summed E-state index contributed by atoms with van der Waals surface area (Å²) in [6, 6.07) is -0.0301. The molecule has 0 fully saturated rings. The monoisotopic (exact) mass is 126 g/mol. The van der Waals surface area contributed by atoms with Gasteiger partial charge >= 0.3 is 0 Å². The second-order valence-electron chi connectivity index (χ2n) is 2.03. The third-order valence-corrected chi connectivity index (χ3v) is 1.15. The Balaban J connectivity index is 2.94. The molecule has 0 saturated heterocycles. The molecule has 1 aromatic heterocycles. The van der Waals surface area contributed by atoms with Gasteiger partial charge in [0.25, 0.3) is 0 Å². The number of aromatic nitrogens is 3. The molecule has 1 heterocycles. The molecule has 1 unspecified atom stereocenters. The van der Waals surface area contributed by atoms with Crippen molar-refractivity contribution in [3.05, 3.63) is 12.2 Å². The molecule has 1 rings (SSSR count). The molecule has 9 heavy (non-hydrogen) atoms. The van der Waals surface area contributed by atoms with E-state index in [2.05, 4.69) is 10.1 Å². The lowest BCUT2D eigenvalue weighted by Gasteiger charge is -2.01. The molecule has 0 spiro atoms. The number of rotatable bonds is 1. The summed E-state index contributed by atoms with van der Waals surface area (Å²) in [5, 5.41) is 3.86. The van der Waals surface area contributed by atoms with Crippen molar-refractivity contribution < 1.29 is 0 Å². The topological polar surface area (TPSA) is 56.7 Å². The fourth-order valence-electron chi connectivity index (χ4n) is 0.717. The van der Waals surface area contributed by atoms with Crippen molar-refractivity contribution in [1.82, 2.24) is 14.8 Å². The van der Waals surface area contributed by atoms with Crippen molar-refractivity contribution in [3.8, 4) is 0 Å². The van der Waals surface area contributed by atoms with Crippen molar-refractivity contribution in [1.29, 1.82) is 0 Å². The average Bonchev–Trinajstić information content (AvgIpc) is 2.13.